The lowest BCUT2D eigenvalue weighted by Gasteiger charge is -2.20. The van der Waals surface area contributed by atoms with Crippen LogP contribution in [0.15, 0.2) is 30.4 Å². The number of aliphatic carboxylic acids is 2. The van der Waals surface area contributed by atoms with E-state index in [1.165, 1.54) is 36.2 Å². The molecule has 0 aliphatic carbocycles. The van der Waals surface area contributed by atoms with Gasteiger partial charge >= 0.3 is 11.9 Å². The summed E-state index contributed by atoms with van der Waals surface area (Å²) in [5.41, 5.74) is 0.171. The number of likely N-dealkylation sites (N-methyl/N-ethyl adjacent to an activating group) is 1. The summed E-state index contributed by atoms with van der Waals surface area (Å²) in [6.45, 7) is 0.285. The summed E-state index contributed by atoms with van der Waals surface area (Å²) in [5, 5.41) is 20.8. The third-order valence-corrected chi connectivity index (χ3v) is 4.62. The molecule has 2 rings (SSSR count). The van der Waals surface area contributed by atoms with Crippen molar-refractivity contribution < 1.29 is 38.9 Å². The maximum Gasteiger partial charge on any atom is 0.341 e. The lowest BCUT2D eigenvalue weighted by atomic mass is 9.98. The van der Waals surface area contributed by atoms with Gasteiger partial charge in [0, 0.05) is 12.6 Å². The average molecular weight is 471 g/mol. The minimum absolute atomic E-state index is 0. The van der Waals surface area contributed by atoms with E-state index in [9.17, 15) is 19.2 Å². The van der Waals surface area contributed by atoms with Crippen LogP contribution in [0.5, 0.6) is 11.5 Å². The highest BCUT2D eigenvalue weighted by atomic mass is 35.5. The highest BCUT2D eigenvalue weighted by Gasteiger charge is 2.17. The van der Waals surface area contributed by atoms with E-state index in [1.54, 1.807) is 0 Å². The van der Waals surface area contributed by atoms with Crippen LogP contribution in [0.2, 0.25) is 0 Å². The van der Waals surface area contributed by atoms with E-state index in [2.05, 4.69) is 5.32 Å². The van der Waals surface area contributed by atoms with Gasteiger partial charge in [-0.25, -0.2) is 9.59 Å². The molecule has 0 aromatic heterocycles. The van der Waals surface area contributed by atoms with Crippen molar-refractivity contribution in [1.29, 1.82) is 0 Å². The highest BCUT2D eigenvalue weighted by Crippen LogP contribution is 2.29. The van der Waals surface area contributed by atoms with Gasteiger partial charge in [0.15, 0.2) is 30.5 Å². The zero-order valence-corrected chi connectivity index (χ0v) is 18.4. The lowest BCUT2D eigenvalue weighted by molar-refractivity contribution is -0.140. The van der Waals surface area contributed by atoms with Gasteiger partial charge in [0.1, 0.15) is 0 Å². The van der Waals surface area contributed by atoms with E-state index in [0.29, 0.717) is 5.92 Å². The normalized spacial score (nSPS) is 13.8. The Kier molecular flexibility index (Phi) is 11.2. The van der Waals surface area contributed by atoms with Crippen molar-refractivity contribution in [2.24, 2.45) is 5.92 Å². The van der Waals surface area contributed by atoms with E-state index in [0.717, 1.165) is 25.9 Å². The molecule has 0 radical (unpaired) electrons. The number of piperidine rings is 1. The highest BCUT2D eigenvalue weighted by molar-refractivity contribution is 6.01. The number of carbonyl (C=O) groups excluding carboxylic acids is 2. The van der Waals surface area contributed by atoms with Crippen molar-refractivity contribution in [3.8, 4) is 11.5 Å². The van der Waals surface area contributed by atoms with Gasteiger partial charge in [0.05, 0.1) is 6.54 Å². The number of hydrogen-bond acceptors (Lipinski definition) is 7. The molecule has 32 heavy (non-hydrogen) atoms. The molecular formula is C21H27ClN2O8. The van der Waals surface area contributed by atoms with Crippen molar-refractivity contribution in [3.63, 3.8) is 0 Å². The van der Waals surface area contributed by atoms with Gasteiger partial charge in [-0.15, -0.1) is 12.4 Å². The molecule has 1 fully saturated rings. The predicted octanol–water partition coefficient (Wildman–Crippen LogP) is 1.23. The second kappa shape index (κ2) is 13.3. The summed E-state index contributed by atoms with van der Waals surface area (Å²) in [7, 11) is 1.51. The zero-order valence-electron chi connectivity index (χ0n) is 17.6. The average Bonchev–Trinajstić information content (AvgIpc) is 2.75. The van der Waals surface area contributed by atoms with Crippen molar-refractivity contribution >= 4 is 36.0 Å². The first-order valence-electron chi connectivity index (χ1n) is 9.76. The molecule has 0 bridgehead atoms. The largest absolute Gasteiger partial charge is 0.479 e. The number of carboxylic acid groups (broad SMARTS) is 2. The Labute approximate surface area is 191 Å². The first kappa shape index (κ1) is 26.9. The molecule has 1 amide bonds. The first-order chi connectivity index (χ1) is 14.8. The Morgan fingerprint density at radius 1 is 1.06 bits per heavy atom. The number of ether oxygens (including phenoxy) is 2. The zero-order chi connectivity index (χ0) is 22.8. The molecule has 1 aromatic rings. The molecule has 1 heterocycles. The van der Waals surface area contributed by atoms with Crippen LogP contribution in [0.3, 0.4) is 0 Å². The van der Waals surface area contributed by atoms with Gasteiger partial charge in [-0.1, -0.05) is 6.08 Å². The fraction of sp³-hybridized carbons (Fsp3) is 0.429. The number of allylic oxidation sites excluding steroid dienone is 1. The van der Waals surface area contributed by atoms with Crippen LogP contribution in [0, 0.1) is 5.92 Å². The molecule has 11 heteroatoms. The summed E-state index contributed by atoms with van der Waals surface area (Å²) in [6, 6.07) is 3.99. The Morgan fingerprint density at radius 3 is 2.25 bits per heavy atom. The Hall–Kier alpha value is -3.11. The Balaban J connectivity index is 0.00000512. The molecule has 10 nitrogen and oxygen atoms in total. The second-order valence-corrected chi connectivity index (χ2v) is 7.09. The minimum atomic E-state index is -1.24. The number of amides is 1. The molecule has 0 atom stereocenters. The van der Waals surface area contributed by atoms with Crippen LogP contribution in [-0.2, 0) is 14.4 Å². The molecule has 0 unspecified atom stereocenters. The molecule has 176 valence electrons. The van der Waals surface area contributed by atoms with E-state index in [-0.39, 0.29) is 41.9 Å². The number of nitrogens with one attached hydrogen (secondary N) is 1. The maximum absolute atomic E-state index is 12.6. The lowest BCUT2D eigenvalue weighted by Crippen LogP contribution is -2.31. The molecule has 1 aliphatic heterocycles. The number of carbonyl (C=O) groups is 4. The van der Waals surface area contributed by atoms with Gasteiger partial charge in [-0.05, 0) is 56.1 Å². The number of ketones is 1. The third-order valence-electron chi connectivity index (χ3n) is 4.62. The SMILES string of the molecule is CN(CC(=O)c1ccc(OCC(=O)O)c(OCC(=O)O)c1)C(=O)/C=C/C1CCNCC1.Cl. The number of nitrogens with zero attached hydrogens (tertiary/aromatic N) is 1. The fourth-order valence-electron chi connectivity index (χ4n) is 2.96. The van der Waals surface area contributed by atoms with Crippen LogP contribution < -0.4 is 14.8 Å². The quantitative estimate of drug-likeness (QED) is 0.321. The van der Waals surface area contributed by atoms with E-state index < -0.39 is 30.9 Å². The Bertz CT molecular complexity index is 852. The molecule has 1 saturated heterocycles. The minimum Gasteiger partial charge on any atom is -0.479 e. The van der Waals surface area contributed by atoms with Crippen LogP contribution >= 0.6 is 12.4 Å². The van der Waals surface area contributed by atoms with Gasteiger partial charge in [-0.2, -0.15) is 0 Å². The number of Topliss-reactive ketones (excluding diaryl/α,β-unsaturated/α-hetero) is 1. The van der Waals surface area contributed by atoms with Crippen molar-refractivity contribution in [2.45, 2.75) is 12.8 Å². The molecular weight excluding hydrogens is 444 g/mol. The summed E-state index contributed by atoms with van der Waals surface area (Å²) in [5.74, 6) is -2.90. The van der Waals surface area contributed by atoms with Crippen molar-refractivity contribution in [1.82, 2.24) is 10.2 Å². The van der Waals surface area contributed by atoms with E-state index in [1.807, 2.05) is 6.08 Å². The predicted molar refractivity (Wildman–Crippen MR) is 117 cm³/mol. The third kappa shape index (κ3) is 8.94. The number of benzene rings is 1. The molecule has 3 N–H and O–H groups in total. The second-order valence-electron chi connectivity index (χ2n) is 7.09. The topological polar surface area (TPSA) is 142 Å². The Morgan fingerprint density at radius 2 is 1.66 bits per heavy atom. The smallest absolute Gasteiger partial charge is 0.341 e. The summed E-state index contributed by atoms with van der Waals surface area (Å²) >= 11 is 0. The van der Waals surface area contributed by atoms with Crippen molar-refractivity contribution in [2.75, 3.05) is 39.9 Å². The first-order valence-corrected chi connectivity index (χ1v) is 9.76. The van der Waals surface area contributed by atoms with Crippen LogP contribution in [0.1, 0.15) is 23.2 Å². The van der Waals surface area contributed by atoms with E-state index >= 15 is 0 Å². The van der Waals surface area contributed by atoms with Crippen LogP contribution in [-0.4, -0.2) is 78.6 Å². The standard InChI is InChI=1S/C21H26N2O8.ClH/c1-23(19(25)5-2-14-6-8-22-9-7-14)11-16(24)15-3-4-17(30-12-20(26)27)18(10-15)31-13-21(28)29;/h2-5,10,14,22H,6-9,11-13H2,1H3,(H,26,27)(H,28,29);1H/b5-2+;. The van der Waals surface area contributed by atoms with Crippen LogP contribution in [0.4, 0.5) is 0 Å². The number of hydrogen-bond donors (Lipinski definition) is 3. The summed E-state index contributed by atoms with van der Waals surface area (Å²) in [4.78, 5) is 47.7. The number of halogens is 1. The van der Waals surface area contributed by atoms with Gasteiger partial charge in [0.2, 0.25) is 5.91 Å². The molecule has 0 saturated carbocycles. The van der Waals surface area contributed by atoms with Gasteiger partial charge < -0.3 is 29.9 Å². The fourth-order valence-corrected chi connectivity index (χ4v) is 2.96. The monoisotopic (exact) mass is 470 g/mol. The molecule has 1 aromatic carbocycles. The maximum atomic E-state index is 12.6. The molecule has 0 spiro atoms. The number of carboxylic acids is 2. The van der Waals surface area contributed by atoms with Gasteiger partial charge in [0.25, 0.3) is 0 Å². The van der Waals surface area contributed by atoms with Gasteiger partial charge in [-0.3, -0.25) is 9.59 Å². The summed E-state index contributed by atoms with van der Waals surface area (Å²) in [6.07, 6.45) is 5.27. The number of rotatable bonds is 11. The van der Waals surface area contributed by atoms with E-state index in [4.69, 9.17) is 19.7 Å². The molecule has 1 aliphatic rings. The van der Waals surface area contributed by atoms with Crippen molar-refractivity contribution in [3.05, 3.63) is 35.9 Å². The summed E-state index contributed by atoms with van der Waals surface area (Å²) < 4.78 is 10.2. The van der Waals surface area contributed by atoms with Crippen LogP contribution in [0.25, 0.3) is 0 Å².